The Balaban J connectivity index is 2.10. The fourth-order valence-electron chi connectivity index (χ4n) is 1.39. The molecule has 0 saturated heterocycles. The molecule has 7 heteroatoms. The molecule has 0 aliphatic heterocycles. The van der Waals surface area contributed by atoms with Gasteiger partial charge in [0.2, 0.25) is 5.89 Å². The quantitative estimate of drug-likeness (QED) is 0.863. The summed E-state index contributed by atoms with van der Waals surface area (Å²) in [5, 5.41) is 6.93. The molecule has 17 heavy (non-hydrogen) atoms. The van der Waals surface area contributed by atoms with E-state index in [0.717, 1.165) is 5.56 Å². The minimum atomic E-state index is -3.33. The van der Waals surface area contributed by atoms with Crippen molar-refractivity contribution in [3.63, 3.8) is 0 Å². The van der Waals surface area contributed by atoms with E-state index < -0.39 is 9.84 Å². The maximum atomic E-state index is 11.8. The van der Waals surface area contributed by atoms with Crippen molar-refractivity contribution in [3.05, 3.63) is 41.8 Å². The molecular weight excluding hydrogens is 242 g/mol. The number of aromatic nitrogens is 2. The lowest BCUT2D eigenvalue weighted by molar-refractivity contribution is 0.522. The van der Waals surface area contributed by atoms with Crippen molar-refractivity contribution in [2.75, 3.05) is 5.73 Å². The highest BCUT2D eigenvalue weighted by Gasteiger charge is 2.17. The van der Waals surface area contributed by atoms with E-state index in [1.165, 1.54) is 0 Å². The molecule has 0 spiro atoms. The standard InChI is InChI=1S/C10H11N3O3S/c11-10-13-12-9(16-10)7-17(14,15)6-8-4-2-1-3-5-8/h1-5H,6-7H2,(H2,11,13). The van der Waals surface area contributed by atoms with Gasteiger partial charge in [-0.25, -0.2) is 8.42 Å². The van der Waals surface area contributed by atoms with E-state index >= 15 is 0 Å². The van der Waals surface area contributed by atoms with E-state index in [1.54, 1.807) is 24.3 Å². The molecule has 0 saturated carbocycles. The lowest BCUT2D eigenvalue weighted by atomic mass is 10.2. The van der Waals surface area contributed by atoms with Crippen LogP contribution in [0.1, 0.15) is 11.5 Å². The minimum Gasteiger partial charge on any atom is -0.407 e. The van der Waals surface area contributed by atoms with Gasteiger partial charge in [0, 0.05) is 0 Å². The Morgan fingerprint density at radius 3 is 2.41 bits per heavy atom. The first-order valence-corrected chi connectivity index (χ1v) is 6.69. The Morgan fingerprint density at radius 2 is 1.82 bits per heavy atom. The van der Waals surface area contributed by atoms with Crippen LogP contribution in [0, 0.1) is 0 Å². The number of rotatable bonds is 4. The summed E-state index contributed by atoms with van der Waals surface area (Å²) in [6.07, 6.45) is 0. The Bertz CT molecular complexity index is 592. The SMILES string of the molecule is Nc1nnc(CS(=O)(=O)Cc2ccccc2)o1. The smallest absolute Gasteiger partial charge is 0.312 e. The third-order valence-electron chi connectivity index (χ3n) is 2.06. The van der Waals surface area contributed by atoms with Gasteiger partial charge in [0.25, 0.3) is 0 Å². The van der Waals surface area contributed by atoms with Gasteiger partial charge in [-0.05, 0) is 5.56 Å². The lowest BCUT2D eigenvalue weighted by Gasteiger charge is -2.01. The van der Waals surface area contributed by atoms with Crippen LogP contribution < -0.4 is 5.73 Å². The van der Waals surface area contributed by atoms with Crippen LogP contribution in [0.2, 0.25) is 0 Å². The van der Waals surface area contributed by atoms with E-state index in [0.29, 0.717) is 0 Å². The first-order valence-electron chi connectivity index (χ1n) is 4.87. The van der Waals surface area contributed by atoms with Crippen LogP contribution in [-0.4, -0.2) is 18.6 Å². The number of nitrogens with two attached hydrogens (primary N) is 1. The molecule has 1 aromatic heterocycles. The van der Waals surface area contributed by atoms with Gasteiger partial charge in [-0.1, -0.05) is 35.4 Å². The molecule has 0 radical (unpaired) electrons. The Morgan fingerprint density at radius 1 is 1.12 bits per heavy atom. The summed E-state index contributed by atoms with van der Waals surface area (Å²) < 4.78 is 28.5. The predicted octanol–water partition coefficient (Wildman–Crippen LogP) is 0.767. The molecule has 1 aromatic carbocycles. The lowest BCUT2D eigenvalue weighted by Crippen LogP contribution is -2.07. The molecular formula is C10H11N3O3S. The first kappa shape index (κ1) is 11.6. The number of hydrogen-bond donors (Lipinski definition) is 1. The molecule has 0 aliphatic rings. The van der Waals surface area contributed by atoms with Gasteiger partial charge in [-0.15, -0.1) is 5.10 Å². The molecule has 0 bridgehead atoms. The van der Waals surface area contributed by atoms with Crippen molar-refractivity contribution < 1.29 is 12.8 Å². The van der Waals surface area contributed by atoms with E-state index in [-0.39, 0.29) is 23.4 Å². The van der Waals surface area contributed by atoms with Crippen LogP contribution in [0.3, 0.4) is 0 Å². The maximum absolute atomic E-state index is 11.8. The second-order valence-corrected chi connectivity index (χ2v) is 5.62. The van der Waals surface area contributed by atoms with Crippen molar-refractivity contribution in [3.8, 4) is 0 Å². The van der Waals surface area contributed by atoms with Crippen molar-refractivity contribution in [1.82, 2.24) is 10.2 Å². The molecule has 0 fully saturated rings. The zero-order chi connectivity index (χ0) is 12.3. The van der Waals surface area contributed by atoms with E-state index in [1.807, 2.05) is 6.07 Å². The largest absolute Gasteiger partial charge is 0.407 e. The summed E-state index contributed by atoms with van der Waals surface area (Å²) in [7, 11) is -3.33. The fraction of sp³-hybridized carbons (Fsp3) is 0.200. The Labute approximate surface area is 98.4 Å². The topological polar surface area (TPSA) is 99.1 Å². The van der Waals surface area contributed by atoms with Gasteiger partial charge < -0.3 is 10.2 Å². The Kier molecular flexibility index (Phi) is 3.10. The first-order chi connectivity index (χ1) is 8.05. The van der Waals surface area contributed by atoms with Crippen LogP contribution in [-0.2, 0) is 21.3 Å². The number of benzene rings is 1. The fourth-order valence-corrected chi connectivity index (χ4v) is 2.69. The minimum absolute atomic E-state index is 0.0124. The molecule has 2 rings (SSSR count). The summed E-state index contributed by atoms with van der Waals surface area (Å²) >= 11 is 0. The van der Waals surface area contributed by atoms with E-state index in [2.05, 4.69) is 10.2 Å². The Hall–Kier alpha value is -1.89. The van der Waals surface area contributed by atoms with Gasteiger partial charge in [-0.2, -0.15) is 0 Å². The van der Waals surface area contributed by atoms with Crippen LogP contribution >= 0.6 is 0 Å². The van der Waals surface area contributed by atoms with Crippen molar-refractivity contribution in [2.45, 2.75) is 11.5 Å². The summed E-state index contributed by atoms with van der Waals surface area (Å²) in [5.74, 6) is -0.346. The number of nitrogens with zero attached hydrogens (tertiary/aromatic N) is 2. The van der Waals surface area contributed by atoms with Crippen LogP contribution in [0.15, 0.2) is 34.7 Å². The summed E-state index contributed by atoms with van der Waals surface area (Å²) in [4.78, 5) is 0. The highest BCUT2D eigenvalue weighted by atomic mass is 32.2. The van der Waals surface area contributed by atoms with E-state index in [9.17, 15) is 8.42 Å². The van der Waals surface area contributed by atoms with Crippen molar-refractivity contribution in [1.29, 1.82) is 0 Å². The number of sulfone groups is 1. The predicted molar refractivity (Wildman–Crippen MR) is 61.5 cm³/mol. The molecule has 2 N–H and O–H groups in total. The summed E-state index contributed by atoms with van der Waals surface area (Å²) in [5.41, 5.74) is 5.94. The third kappa shape index (κ3) is 3.28. The molecule has 1 heterocycles. The normalized spacial score (nSPS) is 11.5. The molecule has 90 valence electrons. The van der Waals surface area contributed by atoms with E-state index in [4.69, 9.17) is 10.2 Å². The molecule has 0 aliphatic carbocycles. The van der Waals surface area contributed by atoms with Crippen LogP contribution in [0.4, 0.5) is 6.01 Å². The monoisotopic (exact) mass is 253 g/mol. The zero-order valence-electron chi connectivity index (χ0n) is 8.91. The molecule has 0 amide bonds. The zero-order valence-corrected chi connectivity index (χ0v) is 9.72. The van der Waals surface area contributed by atoms with Gasteiger partial charge in [0.1, 0.15) is 5.75 Å². The number of anilines is 1. The third-order valence-corrected chi connectivity index (χ3v) is 3.52. The molecule has 6 nitrogen and oxygen atoms in total. The highest BCUT2D eigenvalue weighted by Crippen LogP contribution is 2.11. The summed E-state index contributed by atoms with van der Waals surface area (Å²) in [6, 6.07) is 8.77. The second-order valence-electron chi connectivity index (χ2n) is 3.55. The average molecular weight is 253 g/mol. The van der Waals surface area contributed by atoms with Crippen LogP contribution in [0.25, 0.3) is 0 Å². The average Bonchev–Trinajstić information content (AvgIpc) is 2.63. The maximum Gasteiger partial charge on any atom is 0.312 e. The highest BCUT2D eigenvalue weighted by molar-refractivity contribution is 7.89. The van der Waals surface area contributed by atoms with Gasteiger partial charge in [0.15, 0.2) is 9.84 Å². The summed E-state index contributed by atoms with van der Waals surface area (Å²) in [6.45, 7) is 0. The number of hydrogen-bond acceptors (Lipinski definition) is 6. The second kappa shape index (κ2) is 4.54. The van der Waals surface area contributed by atoms with Gasteiger partial charge >= 0.3 is 6.01 Å². The van der Waals surface area contributed by atoms with Crippen LogP contribution in [0.5, 0.6) is 0 Å². The molecule has 0 unspecified atom stereocenters. The number of nitrogen functional groups attached to an aromatic ring is 1. The molecule has 0 atom stereocenters. The van der Waals surface area contributed by atoms with Crippen molar-refractivity contribution >= 4 is 15.9 Å². The molecule has 2 aromatic rings. The van der Waals surface area contributed by atoms with Gasteiger partial charge in [0.05, 0.1) is 5.75 Å². The van der Waals surface area contributed by atoms with Gasteiger partial charge in [-0.3, -0.25) is 0 Å². The van der Waals surface area contributed by atoms with Crippen molar-refractivity contribution in [2.24, 2.45) is 0 Å².